The Morgan fingerprint density at radius 1 is 1.28 bits per heavy atom. The number of H-pyrrole nitrogens is 1. The van der Waals surface area contributed by atoms with Crippen LogP contribution in [0.25, 0.3) is 11.6 Å². The number of hydrogen-bond acceptors (Lipinski definition) is 6. The van der Waals surface area contributed by atoms with Gasteiger partial charge in [-0.05, 0) is 30.5 Å². The molecule has 4 rings (SSSR count). The summed E-state index contributed by atoms with van der Waals surface area (Å²) in [5, 5.41) is 12.7. The highest BCUT2D eigenvalue weighted by atomic mass is 127. The molecule has 4 heterocycles. The molecule has 0 saturated carbocycles. The van der Waals surface area contributed by atoms with Crippen LogP contribution < -0.4 is 5.32 Å². The van der Waals surface area contributed by atoms with Crippen molar-refractivity contribution in [1.29, 1.82) is 0 Å². The molecule has 0 amide bonds. The third kappa shape index (κ3) is 5.80. The largest absolute Gasteiger partial charge is 0.461 e. The lowest BCUT2D eigenvalue weighted by Gasteiger charge is -2.36. The van der Waals surface area contributed by atoms with Crippen molar-refractivity contribution in [3.63, 3.8) is 0 Å². The van der Waals surface area contributed by atoms with Gasteiger partial charge >= 0.3 is 0 Å². The third-order valence-corrected chi connectivity index (χ3v) is 5.48. The highest BCUT2D eigenvalue weighted by molar-refractivity contribution is 14.0. The minimum absolute atomic E-state index is 0. The maximum Gasteiger partial charge on any atom is 0.216 e. The highest BCUT2D eigenvalue weighted by Crippen LogP contribution is 2.15. The molecule has 8 nitrogen and oxygen atoms in total. The maximum absolute atomic E-state index is 5.33. The number of guanidine groups is 1. The lowest BCUT2D eigenvalue weighted by molar-refractivity contribution is 0.173. The van der Waals surface area contributed by atoms with Gasteiger partial charge in [-0.1, -0.05) is 6.07 Å². The molecule has 0 aromatic carbocycles. The molecule has 156 valence electrons. The summed E-state index contributed by atoms with van der Waals surface area (Å²) in [6, 6.07) is 7.99. The first-order chi connectivity index (χ1) is 13.8. The first-order valence-electron chi connectivity index (χ1n) is 9.55. The van der Waals surface area contributed by atoms with Gasteiger partial charge in [-0.25, -0.2) is 9.98 Å². The summed E-state index contributed by atoms with van der Waals surface area (Å²) in [4.78, 5) is 15.5. The number of halogens is 1. The smallest absolute Gasteiger partial charge is 0.216 e. The topological polar surface area (TPSA) is 85.6 Å². The van der Waals surface area contributed by atoms with Gasteiger partial charge in [0.05, 0.1) is 6.26 Å². The van der Waals surface area contributed by atoms with Crippen molar-refractivity contribution < 1.29 is 4.42 Å². The summed E-state index contributed by atoms with van der Waals surface area (Å²) < 4.78 is 5.33. The fourth-order valence-corrected chi connectivity index (χ4v) is 3.94. The summed E-state index contributed by atoms with van der Waals surface area (Å²) in [5.74, 6) is 2.86. The van der Waals surface area contributed by atoms with E-state index in [2.05, 4.69) is 54.7 Å². The molecule has 0 unspecified atom stereocenters. The molecule has 10 heteroatoms. The van der Waals surface area contributed by atoms with Crippen molar-refractivity contribution in [3.05, 3.63) is 46.6 Å². The van der Waals surface area contributed by atoms with E-state index in [9.17, 15) is 0 Å². The van der Waals surface area contributed by atoms with E-state index in [0.29, 0.717) is 18.1 Å². The third-order valence-electron chi connectivity index (χ3n) is 4.62. The monoisotopic (exact) mass is 527 g/mol. The molecule has 0 radical (unpaired) electrons. The molecule has 3 aromatic rings. The van der Waals surface area contributed by atoms with Crippen LogP contribution >= 0.6 is 35.3 Å². The molecule has 1 aliphatic rings. The quantitative estimate of drug-likeness (QED) is 0.291. The molecule has 0 bridgehead atoms. The van der Waals surface area contributed by atoms with Crippen LogP contribution in [0.15, 0.2) is 45.3 Å². The SMILES string of the molecule is CCNC(=NCc1nc(-c2ccco2)n[nH]1)N1CCN(Cc2cccs2)CC1.I. The Balaban J connectivity index is 0.00000240. The Bertz CT molecular complexity index is 870. The predicted octanol–water partition coefficient (Wildman–Crippen LogP) is 3.03. The van der Waals surface area contributed by atoms with Gasteiger partial charge in [-0.15, -0.1) is 40.4 Å². The average Bonchev–Trinajstić information content (AvgIpc) is 3.48. The van der Waals surface area contributed by atoms with Gasteiger partial charge in [0, 0.05) is 44.1 Å². The number of aromatic amines is 1. The zero-order chi connectivity index (χ0) is 19.2. The van der Waals surface area contributed by atoms with E-state index in [1.807, 2.05) is 23.5 Å². The van der Waals surface area contributed by atoms with Crippen LogP contribution in [0, 0.1) is 0 Å². The van der Waals surface area contributed by atoms with Crippen LogP contribution in [0.5, 0.6) is 0 Å². The van der Waals surface area contributed by atoms with Crippen molar-refractivity contribution in [1.82, 2.24) is 30.3 Å². The van der Waals surface area contributed by atoms with Gasteiger partial charge in [0.25, 0.3) is 0 Å². The first-order valence-corrected chi connectivity index (χ1v) is 10.4. The number of thiophene rings is 1. The molecule has 2 N–H and O–H groups in total. The predicted molar refractivity (Wildman–Crippen MR) is 125 cm³/mol. The Labute approximate surface area is 191 Å². The van der Waals surface area contributed by atoms with E-state index in [-0.39, 0.29) is 24.0 Å². The molecular formula is C19H26IN7OS. The summed E-state index contributed by atoms with van der Waals surface area (Å²) in [5.41, 5.74) is 0. The molecule has 1 fully saturated rings. The second kappa shape index (κ2) is 10.7. The highest BCUT2D eigenvalue weighted by Gasteiger charge is 2.20. The van der Waals surface area contributed by atoms with Gasteiger partial charge in [0.2, 0.25) is 5.82 Å². The minimum atomic E-state index is 0. The Kier molecular flexibility index (Phi) is 8.07. The molecule has 0 aliphatic carbocycles. The van der Waals surface area contributed by atoms with Gasteiger partial charge in [0.15, 0.2) is 11.7 Å². The second-order valence-corrected chi connectivity index (χ2v) is 7.63. The van der Waals surface area contributed by atoms with Crippen molar-refractivity contribution in [2.45, 2.75) is 20.0 Å². The van der Waals surface area contributed by atoms with E-state index in [1.165, 1.54) is 4.88 Å². The Morgan fingerprint density at radius 2 is 2.14 bits per heavy atom. The molecule has 1 aliphatic heterocycles. The molecule has 29 heavy (non-hydrogen) atoms. The van der Waals surface area contributed by atoms with Crippen LogP contribution in [0.4, 0.5) is 0 Å². The number of nitrogens with zero attached hydrogens (tertiary/aromatic N) is 5. The van der Waals surface area contributed by atoms with Crippen LogP contribution in [-0.2, 0) is 13.1 Å². The summed E-state index contributed by atoms with van der Waals surface area (Å²) in [6.07, 6.45) is 1.62. The first kappa shape index (κ1) is 21.8. The second-order valence-electron chi connectivity index (χ2n) is 6.60. The number of nitrogens with one attached hydrogen (secondary N) is 2. The van der Waals surface area contributed by atoms with Gasteiger partial charge in [-0.3, -0.25) is 10.00 Å². The van der Waals surface area contributed by atoms with E-state index in [4.69, 9.17) is 9.41 Å². The lowest BCUT2D eigenvalue weighted by Crippen LogP contribution is -2.52. The zero-order valence-corrected chi connectivity index (χ0v) is 19.5. The summed E-state index contributed by atoms with van der Waals surface area (Å²) in [7, 11) is 0. The van der Waals surface area contributed by atoms with Crippen LogP contribution in [0.2, 0.25) is 0 Å². The fourth-order valence-electron chi connectivity index (χ4n) is 3.20. The number of aliphatic imine (C=N–C) groups is 1. The summed E-state index contributed by atoms with van der Waals surface area (Å²) in [6.45, 7) is 8.41. The van der Waals surface area contributed by atoms with Crippen LogP contribution in [0.1, 0.15) is 17.6 Å². The van der Waals surface area contributed by atoms with E-state index < -0.39 is 0 Å². The molecule has 0 atom stereocenters. The minimum Gasteiger partial charge on any atom is -0.461 e. The van der Waals surface area contributed by atoms with Gasteiger partial charge in [-0.2, -0.15) is 0 Å². The summed E-state index contributed by atoms with van der Waals surface area (Å²) >= 11 is 1.82. The van der Waals surface area contributed by atoms with Crippen LogP contribution in [0.3, 0.4) is 0 Å². The number of furan rings is 1. The zero-order valence-electron chi connectivity index (χ0n) is 16.4. The number of hydrogen-bond donors (Lipinski definition) is 2. The standard InChI is InChI=1S/C19H25N7OS.HI/c1-2-20-19(21-13-17-22-18(24-23-17)16-6-3-11-27-16)26-9-7-25(8-10-26)14-15-5-4-12-28-15;/h3-6,11-12H,2,7-10,13-14H2,1H3,(H,20,21)(H,22,23,24);1H. The normalized spacial score (nSPS) is 15.3. The van der Waals surface area contributed by atoms with Crippen molar-refractivity contribution in [2.24, 2.45) is 4.99 Å². The Morgan fingerprint density at radius 3 is 2.83 bits per heavy atom. The van der Waals surface area contributed by atoms with Crippen LogP contribution in [-0.4, -0.2) is 63.7 Å². The van der Waals surface area contributed by atoms with E-state index in [0.717, 1.165) is 51.1 Å². The number of piperazine rings is 1. The van der Waals surface area contributed by atoms with Crippen molar-refractivity contribution in [3.8, 4) is 11.6 Å². The van der Waals surface area contributed by atoms with Gasteiger partial charge < -0.3 is 14.6 Å². The van der Waals surface area contributed by atoms with E-state index >= 15 is 0 Å². The average molecular weight is 527 g/mol. The van der Waals surface area contributed by atoms with Crippen molar-refractivity contribution >= 4 is 41.3 Å². The lowest BCUT2D eigenvalue weighted by atomic mass is 10.3. The van der Waals surface area contributed by atoms with E-state index in [1.54, 1.807) is 6.26 Å². The maximum atomic E-state index is 5.33. The number of aromatic nitrogens is 3. The molecule has 0 spiro atoms. The number of rotatable bonds is 6. The van der Waals surface area contributed by atoms with Gasteiger partial charge in [0.1, 0.15) is 12.4 Å². The molecule has 1 saturated heterocycles. The molecule has 3 aromatic heterocycles. The fraction of sp³-hybridized carbons (Fsp3) is 0.421. The molecular weight excluding hydrogens is 501 g/mol. The van der Waals surface area contributed by atoms with Crippen molar-refractivity contribution in [2.75, 3.05) is 32.7 Å². The Hall–Kier alpha value is -1.92.